The van der Waals surface area contributed by atoms with Gasteiger partial charge in [0.05, 0.1) is 0 Å². The van der Waals surface area contributed by atoms with Gasteiger partial charge < -0.3 is 5.11 Å². The number of aliphatic carboxylic acids is 1. The van der Waals surface area contributed by atoms with Gasteiger partial charge in [-0.05, 0) is 24.1 Å². The van der Waals surface area contributed by atoms with Gasteiger partial charge in [-0.2, -0.15) is 0 Å². The number of hydrogen-bond donors (Lipinski definition) is 1. The molecule has 1 unspecified atom stereocenters. The van der Waals surface area contributed by atoms with E-state index in [9.17, 15) is 4.79 Å². The third kappa shape index (κ3) is 3.76. The number of carboxylic acid groups (broad SMARTS) is 1. The van der Waals surface area contributed by atoms with E-state index in [1.54, 1.807) is 12.1 Å². The molecule has 82 valence electrons. The summed E-state index contributed by atoms with van der Waals surface area (Å²) in [4.78, 5) is 11.9. The van der Waals surface area contributed by atoms with Crippen molar-refractivity contribution < 1.29 is 9.90 Å². The Bertz CT molecular complexity index is 352. The summed E-state index contributed by atoms with van der Waals surface area (Å²) in [6.07, 6.45) is 0. The summed E-state index contributed by atoms with van der Waals surface area (Å²) < 4.78 is 0. The zero-order chi connectivity index (χ0) is 11.4. The standard InChI is InChI=1S/C11H13ClO2S/c1-7(2)10(11(13)14)15-9-5-3-4-8(12)6-9/h3-7,10H,1-2H3,(H,13,14). The Balaban J connectivity index is 2.79. The topological polar surface area (TPSA) is 37.3 Å². The van der Waals surface area contributed by atoms with Gasteiger partial charge in [0, 0.05) is 9.92 Å². The quantitative estimate of drug-likeness (QED) is 0.824. The summed E-state index contributed by atoms with van der Waals surface area (Å²) in [5.74, 6) is -0.693. The summed E-state index contributed by atoms with van der Waals surface area (Å²) >= 11 is 7.16. The highest BCUT2D eigenvalue weighted by molar-refractivity contribution is 8.00. The van der Waals surface area contributed by atoms with Crippen LogP contribution in [0.5, 0.6) is 0 Å². The average Bonchev–Trinajstić information content (AvgIpc) is 2.13. The van der Waals surface area contributed by atoms with Crippen LogP contribution in [0.4, 0.5) is 0 Å². The maximum atomic E-state index is 11.0. The van der Waals surface area contributed by atoms with Crippen LogP contribution >= 0.6 is 23.4 Å². The molecule has 1 aromatic rings. The molecule has 0 heterocycles. The fourth-order valence-electron chi connectivity index (χ4n) is 1.16. The van der Waals surface area contributed by atoms with Gasteiger partial charge in [0.15, 0.2) is 0 Å². The molecule has 0 radical (unpaired) electrons. The van der Waals surface area contributed by atoms with Gasteiger partial charge in [-0.3, -0.25) is 4.79 Å². The van der Waals surface area contributed by atoms with Crippen molar-refractivity contribution >= 4 is 29.3 Å². The van der Waals surface area contributed by atoms with Gasteiger partial charge in [0.1, 0.15) is 5.25 Å². The van der Waals surface area contributed by atoms with Gasteiger partial charge >= 0.3 is 5.97 Å². The summed E-state index contributed by atoms with van der Waals surface area (Å²) in [5, 5.41) is 9.23. The van der Waals surface area contributed by atoms with Crippen molar-refractivity contribution in [3.8, 4) is 0 Å². The summed E-state index contributed by atoms with van der Waals surface area (Å²) in [6, 6.07) is 7.25. The Labute approximate surface area is 98.6 Å². The van der Waals surface area contributed by atoms with E-state index in [0.29, 0.717) is 5.02 Å². The van der Waals surface area contributed by atoms with E-state index in [4.69, 9.17) is 16.7 Å². The van der Waals surface area contributed by atoms with E-state index in [1.807, 2.05) is 26.0 Å². The molecule has 1 N–H and O–H groups in total. The number of hydrogen-bond acceptors (Lipinski definition) is 2. The molecule has 0 fully saturated rings. The molecule has 4 heteroatoms. The monoisotopic (exact) mass is 244 g/mol. The first-order valence-electron chi connectivity index (χ1n) is 4.65. The molecule has 0 aliphatic rings. The molecule has 0 bridgehead atoms. The molecule has 1 atom stereocenters. The molecule has 0 aliphatic carbocycles. The average molecular weight is 245 g/mol. The molecule has 0 amide bonds. The highest BCUT2D eigenvalue weighted by atomic mass is 35.5. The lowest BCUT2D eigenvalue weighted by molar-refractivity contribution is -0.137. The van der Waals surface area contributed by atoms with Gasteiger partial charge in [-0.25, -0.2) is 0 Å². The van der Waals surface area contributed by atoms with Crippen LogP contribution in [0.15, 0.2) is 29.2 Å². The summed E-state index contributed by atoms with van der Waals surface area (Å²) in [7, 11) is 0. The molecule has 15 heavy (non-hydrogen) atoms. The van der Waals surface area contributed by atoms with Crippen LogP contribution in [0.2, 0.25) is 5.02 Å². The largest absolute Gasteiger partial charge is 0.480 e. The van der Waals surface area contributed by atoms with Crippen LogP contribution in [0.1, 0.15) is 13.8 Å². The Morgan fingerprint density at radius 2 is 2.13 bits per heavy atom. The zero-order valence-electron chi connectivity index (χ0n) is 8.61. The van der Waals surface area contributed by atoms with Crippen LogP contribution in [0.25, 0.3) is 0 Å². The molecular formula is C11H13ClO2S. The van der Waals surface area contributed by atoms with E-state index in [-0.39, 0.29) is 5.92 Å². The molecule has 0 saturated heterocycles. The maximum Gasteiger partial charge on any atom is 0.317 e. The molecule has 0 aliphatic heterocycles. The van der Waals surface area contributed by atoms with Gasteiger partial charge in [0.2, 0.25) is 0 Å². The first kappa shape index (κ1) is 12.4. The Kier molecular flexibility index (Phi) is 4.48. The number of carbonyl (C=O) groups is 1. The molecule has 0 spiro atoms. The number of rotatable bonds is 4. The molecule has 1 rings (SSSR count). The molecule has 0 aromatic heterocycles. The van der Waals surface area contributed by atoms with Gasteiger partial charge in [0.25, 0.3) is 0 Å². The third-order valence-corrected chi connectivity index (χ3v) is 3.67. The Morgan fingerprint density at radius 3 is 2.60 bits per heavy atom. The van der Waals surface area contributed by atoms with Crippen LogP contribution in [0, 0.1) is 5.92 Å². The van der Waals surface area contributed by atoms with Crippen molar-refractivity contribution in [2.45, 2.75) is 24.0 Å². The maximum absolute atomic E-state index is 11.0. The number of thioether (sulfide) groups is 1. The highest BCUT2D eigenvalue weighted by Gasteiger charge is 2.22. The normalized spacial score (nSPS) is 12.8. The van der Waals surface area contributed by atoms with E-state index in [1.165, 1.54) is 11.8 Å². The Morgan fingerprint density at radius 1 is 1.47 bits per heavy atom. The van der Waals surface area contributed by atoms with Crippen molar-refractivity contribution in [2.75, 3.05) is 0 Å². The smallest absolute Gasteiger partial charge is 0.317 e. The number of benzene rings is 1. The molecule has 0 saturated carbocycles. The van der Waals surface area contributed by atoms with E-state index in [2.05, 4.69) is 0 Å². The number of carboxylic acids is 1. The lowest BCUT2D eigenvalue weighted by Crippen LogP contribution is -2.22. The predicted octanol–water partition coefficient (Wildman–Crippen LogP) is 3.54. The van der Waals surface area contributed by atoms with Gasteiger partial charge in [-0.15, -0.1) is 11.8 Å². The first-order chi connectivity index (χ1) is 7.00. The van der Waals surface area contributed by atoms with Crippen molar-refractivity contribution in [3.63, 3.8) is 0 Å². The van der Waals surface area contributed by atoms with Crippen molar-refractivity contribution in [3.05, 3.63) is 29.3 Å². The van der Waals surface area contributed by atoms with Crippen LogP contribution in [0.3, 0.4) is 0 Å². The second-order valence-electron chi connectivity index (χ2n) is 3.58. The number of halogens is 1. The second-order valence-corrected chi connectivity index (χ2v) is 5.23. The fraction of sp³-hybridized carbons (Fsp3) is 0.364. The second kappa shape index (κ2) is 5.42. The van der Waals surface area contributed by atoms with E-state index < -0.39 is 11.2 Å². The zero-order valence-corrected chi connectivity index (χ0v) is 10.2. The summed E-state index contributed by atoms with van der Waals surface area (Å²) in [5.41, 5.74) is 0. The van der Waals surface area contributed by atoms with Crippen molar-refractivity contribution in [1.29, 1.82) is 0 Å². The fourth-order valence-corrected chi connectivity index (χ4v) is 2.43. The van der Waals surface area contributed by atoms with Gasteiger partial charge in [-0.1, -0.05) is 31.5 Å². The van der Waals surface area contributed by atoms with E-state index in [0.717, 1.165) is 4.90 Å². The minimum absolute atomic E-state index is 0.0893. The minimum Gasteiger partial charge on any atom is -0.480 e. The lowest BCUT2D eigenvalue weighted by Gasteiger charge is -2.15. The van der Waals surface area contributed by atoms with Crippen LogP contribution in [-0.4, -0.2) is 16.3 Å². The van der Waals surface area contributed by atoms with Crippen molar-refractivity contribution in [2.24, 2.45) is 5.92 Å². The van der Waals surface area contributed by atoms with Crippen LogP contribution < -0.4 is 0 Å². The first-order valence-corrected chi connectivity index (χ1v) is 5.91. The molecular weight excluding hydrogens is 232 g/mol. The van der Waals surface area contributed by atoms with E-state index >= 15 is 0 Å². The lowest BCUT2D eigenvalue weighted by atomic mass is 10.1. The highest BCUT2D eigenvalue weighted by Crippen LogP contribution is 2.29. The third-order valence-electron chi connectivity index (χ3n) is 1.91. The molecule has 1 aromatic carbocycles. The predicted molar refractivity (Wildman–Crippen MR) is 63.6 cm³/mol. The van der Waals surface area contributed by atoms with Crippen LogP contribution in [-0.2, 0) is 4.79 Å². The minimum atomic E-state index is -0.782. The Hall–Kier alpha value is -0.670. The van der Waals surface area contributed by atoms with Crippen molar-refractivity contribution in [1.82, 2.24) is 0 Å². The summed E-state index contributed by atoms with van der Waals surface area (Å²) in [6.45, 7) is 3.80. The SMILES string of the molecule is CC(C)C(Sc1cccc(Cl)c1)C(=O)O. The molecule has 2 nitrogen and oxygen atoms in total.